The molecule has 0 saturated heterocycles. The van der Waals surface area contributed by atoms with Crippen LogP contribution < -0.4 is 10.6 Å². The van der Waals surface area contributed by atoms with E-state index >= 15 is 0 Å². The van der Waals surface area contributed by atoms with E-state index in [9.17, 15) is 9.59 Å². The van der Waals surface area contributed by atoms with Crippen LogP contribution in [0.1, 0.15) is 44.2 Å². The van der Waals surface area contributed by atoms with Gasteiger partial charge in [-0.15, -0.1) is 0 Å². The first-order valence-electron chi connectivity index (χ1n) is 6.55. The van der Waals surface area contributed by atoms with Crippen LogP contribution in [-0.4, -0.2) is 18.4 Å². The predicted octanol–water partition coefficient (Wildman–Crippen LogP) is 2.58. The van der Waals surface area contributed by atoms with Gasteiger partial charge in [0.2, 0.25) is 11.8 Å². The van der Waals surface area contributed by atoms with Gasteiger partial charge in [-0.1, -0.05) is 32.0 Å². The monoisotopic (exact) mass is 262 g/mol. The summed E-state index contributed by atoms with van der Waals surface area (Å²) in [6.45, 7) is 7.99. The molecule has 0 saturated carbocycles. The van der Waals surface area contributed by atoms with Crippen LogP contribution in [0.15, 0.2) is 18.2 Å². The topological polar surface area (TPSA) is 58.2 Å². The number of para-hydroxylation sites is 1. The molecule has 0 bridgehead atoms. The second kappa shape index (κ2) is 6.92. The Labute approximate surface area is 114 Å². The Bertz CT molecular complexity index is 467. The molecular weight excluding hydrogens is 240 g/mol. The number of aryl methyl sites for hydroxylation is 1. The average Bonchev–Trinajstić information content (AvgIpc) is 2.30. The van der Waals surface area contributed by atoms with Gasteiger partial charge >= 0.3 is 0 Å². The highest BCUT2D eigenvalue weighted by Gasteiger charge is 2.11. The van der Waals surface area contributed by atoms with E-state index < -0.39 is 0 Å². The summed E-state index contributed by atoms with van der Waals surface area (Å²) in [5.41, 5.74) is 3.08. The minimum Gasteiger partial charge on any atom is -0.356 e. The molecule has 0 unspecified atom stereocenters. The summed E-state index contributed by atoms with van der Waals surface area (Å²) >= 11 is 0. The van der Waals surface area contributed by atoms with Crippen molar-refractivity contribution in [2.24, 2.45) is 0 Å². The summed E-state index contributed by atoms with van der Waals surface area (Å²) in [5.74, 6) is 0.155. The van der Waals surface area contributed by atoms with Gasteiger partial charge in [-0.2, -0.15) is 0 Å². The zero-order chi connectivity index (χ0) is 14.4. The molecule has 0 aromatic heterocycles. The van der Waals surface area contributed by atoms with Gasteiger partial charge in [0, 0.05) is 25.6 Å². The highest BCUT2D eigenvalue weighted by molar-refractivity contribution is 5.92. The normalized spacial score (nSPS) is 10.4. The first kappa shape index (κ1) is 15.2. The van der Waals surface area contributed by atoms with Crippen LogP contribution in [0.5, 0.6) is 0 Å². The van der Waals surface area contributed by atoms with Crippen molar-refractivity contribution in [1.29, 1.82) is 0 Å². The molecule has 0 aliphatic carbocycles. The van der Waals surface area contributed by atoms with E-state index in [0.717, 1.165) is 16.8 Å². The summed E-state index contributed by atoms with van der Waals surface area (Å²) in [6, 6.07) is 6.01. The molecule has 2 amide bonds. The van der Waals surface area contributed by atoms with Crippen LogP contribution in [0.4, 0.5) is 5.69 Å². The fraction of sp³-hybridized carbons (Fsp3) is 0.467. The van der Waals surface area contributed by atoms with Crippen LogP contribution in [0.2, 0.25) is 0 Å². The van der Waals surface area contributed by atoms with Crippen molar-refractivity contribution in [3.63, 3.8) is 0 Å². The lowest BCUT2D eigenvalue weighted by atomic mass is 9.98. The lowest BCUT2D eigenvalue weighted by molar-refractivity contribution is -0.119. The number of hydrogen-bond acceptors (Lipinski definition) is 2. The Morgan fingerprint density at radius 3 is 2.53 bits per heavy atom. The Morgan fingerprint density at radius 1 is 1.26 bits per heavy atom. The number of nitrogens with one attached hydrogen (secondary N) is 2. The van der Waals surface area contributed by atoms with Crippen LogP contribution in [0.25, 0.3) is 0 Å². The van der Waals surface area contributed by atoms with E-state index in [1.54, 1.807) is 0 Å². The molecule has 19 heavy (non-hydrogen) atoms. The summed E-state index contributed by atoms with van der Waals surface area (Å²) in [6.07, 6.45) is 0.283. The Balaban J connectivity index is 2.71. The van der Waals surface area contributed by atoms with Crippen molar-refractivity contribution >= 4 is 17.5 Å². The third-order valence-electron chi connectivity index (χ3n) is 2.92. The molecule has 104 valence electrons. The molecule has 1 aromatic carbocycles. The lowest BCUT2D eigenvalue weighted by Gasteiger charge is -2.16. The number of anilines is 1. The van der Waals surface area contributed by atoms with Crippen LogP contribution in [0.3, 0.4) is 0 Å². The fourth-order valence-electron chi connectivity index (χ4n) is 1.90. The third kappa shape index (κ3) is 4.73. The Morgan fingerprint density at radius 2 is 1.95 bits per heavy atom. The van der Waals surface area contributed by atoms with Crippen molar-refractivity contribution in [3.05, 3.63) is 29.3 Å². The van der Waals surface area contributed by atoms with Crippen molar-refractivity contribution in [2.75, 3.05) is 11.9 Å². The highest BCUT2D eigenvalue weighted by Crippen LogP contribution is 2.27. The smallest absolute Gasteiger partial charge is 0.226 e. The minimum atomic E-state index is -0.119. The van der Waals surface area contributed by atoms with Crippen LogP contribution >= 0.6 is 0 Å². The van der Waals surface area contributed by atoms with Crippen LogP contribution in [-0.2, 0) is 9.59 Å². The van der Waals surface area contributed by atoms with Gasteiger partial charge in [0.05, 0.1) is 0 Å². The van der Waals surface area contributed by atoms with Crippen molar-refractivity contribution in [3.8, 4) is 0 Å². The quantitative estimate of drug-likeness (QED) is 0.857. The number of hydrogen-bond donors (Lipinski definition) is 2. The summed E-state index contributed by atoms with van der Waals surface area (Å²) in [7, 11) is 0. The molecule has 0 atom stereocenters. The zero-order valence-corrected chi connectivity index (χ0v) is 12.0. The fourth-order valence-corrected chi connectivity index (χ4v) is 1.90. The van der Waals surface area contributed by atoms with Gasteiger partial charge in [0.1, 0.15) is 0 Å². The van der Waals surface area contributed by atoms with E-state index in [1.165, 1.54) is 6.92 Å². The van der Waals surface area contributed by atoms with Gasteiger partial charge in [0.25, 0.3) is 0 Å². The zero-order valence-electron chi connectivity index (χ0n) is 12.0. The molecular formula is C15H22N2O2. The van der Waals surface area contributed by atoms with Gasteiger partial charge in [-0.05, 0) is 24.0 Å². The molecule has 2 N–H and O–H groups in total. The van der Waals surface area contributed by atoms with Crippen molar-refractivity contribution in [2.45, 2.75) is 40.0 Å². The van der Waals surface area contributed by atoms with E-state index in [2.05, 4.69) is 24.5 Å². The lowest BCUT2D eigenvalue weighted by Crippen LogP contribution is -2.25. The number of benzene rings is 1. The number of carbonyl (C=O) groups is 2. The number of rotatable bonds is 5. The molecule has 4 heteroatoms. The third-order valence-corrected chi connectivity index (χ3v) is 2.92. The summed E-state index contributed by atoms with van der Waals surface area (Å²) < 4.78 is 0. The predicted molar refractivity (Wildman–Crippen MR) is 77.2 cm³/mol. The Hall–Kier alpha value is -1.84. The standard InChI is InChI=1S/C15H22N2O2/c1-10(2)13-7-5-6-11(3)15(13)17-14(19)8-9-16-12(4)18/h5-7,10H,8-9H2,1-4H3,(H,16,18)(H,17,19). The first-order chi connectivity index (χ1) is 8.91. The van der Waals surface area contributed by atoms with E-state index in [0.29, 0.717) is 12.5 Å². The highest BCUT2D eigenvalue weighted by atomic mass is 16.2. The molecule has 0 radical (unpaired) electrons. The number of carbonyl (C=O) groups excluding carboxylic acids is 2. The van der Waals surface area contributed by atoms with E-state index in [1.807, 2.05) is 25.1 Å². The molecule has 0 heterocycles. The van der Waals surface area contributed by atoms with Crippen LogP contribution in [0, 0.1) is 6.92 Å². The second-order valence-corrected chi connectivity index (χ2v) is 4.97. The molecule has 1 rings (SSSR count). The molecule has 4 nitrogen and oxygen atoms in total. The first-order valence-corrected chi connectivity index (χ1v) is 6.55. The van der Waals surface area contributed by atoms with Crippen molar-refractivity contribution < 1.29 is 9.59 Å². The molecule has 0 aliphatic rings. The van der Waals surface area contributed by atoms with E-state index in [-0.39, 0.29) is 18.2 Å². The maximum Gasteiger partial charge on any atom is 0.226 e. The SMILES string of the molecule is CC(=O)NCCC(=O)Nc1c(C)cccc1C(C)C. The average molecular weight is 262 g/mol. The molecule has 0 aliphatic heterocycles. The maximum absolute atomic E-state index is 11.9. The number of amides is 2. The second-order valence-electron chi connectivity index (χ2n) is 4.97. The minimum absolute atomic E-state index is 0.0788. The molecule has 0 fully saturated rings. The maximum atomic E-state index is 11.9. The van der Waals surface area contributed by atoms with Crippen molar-refractivity contribution in [1.82, 2.24) is 5.32 Å². The van der Waals surface area contributed by atoms with Gasteiger partial charge < -0.3 is 10.6 Å². The summed E-state index contributed by atoms with van der Waals surface area (Å²) in [4.78, 5) is 22.6. The molecule has 1 aromatic rings. The van der Waals surface area contributed by atoms with E-state index in [4.69, 9.17) is 0 Å². The largest absolute Gasteiger partial charge is 0.356 e. The molecule has 0 spiro atoms. The van der Waals surface area contributed by atoms with Gasteiger partial charge in [-0.25, -0.2) is 0 Å². The van der Waals surface area contributed by atoms with Gasteiger partial charge in [-0.3, -0.25) is 9.59 Å². The Kier molecular flexibility index (Phi) is 5.55. The van der Waals surface area contributed by atoms with Gasteiger partial charge in [0.15, 0.2) is 0 Å². The summed E-state index contributed by atoms with van der Waals surface area (Å²) in [5, 5.41) is 5.56.